The number of imidazole rings is 1. The Morgan fingerprint density at radius 1 is 1.39 bits per heavy atom. The van der Waals surface area contributed by atoms with Crippen molar-refractivity contribution in [3.05, 3.63) is 48.0 Å². The summed E-state index contributed by atoms with van der Waals surface area (Å²) >= 11 is 0. The molecule has 1 heterocycles. The van der Waals surface area contributed by atoms with E-state index in [9.17, 15) is 4.79 Å². The van der Waals surface area contributed by atoms with Crippen LogP contribution >= 0.6 is 0 Å². The quantitative estimate of drug-likeness (QED) is 0.897. The molecule has 1 N–H and O–H groups in total. The van der Waals surface area contributed by atoms with Crippen LogP contribution in [0.5, 0.6) is 0 Å². The summed E-state index contributed by atoms with van der Waals surface area (Å²) in [4.78, 5) is 15.8. The van der Waals surface area contributed by atoms with Crippen LogP contribution in [-0.4, -0.2) is 15.5 Å². The van der Waals surface area contributed by atoms with Gasteiger partial charge in [-0.25, -0.2) is 4.98 Å². The van der Waals surface area contributed by atoms with E-state index < -0.39 is 0 Å². The number of nitrogens with zero attached hydrogens (tertiary/aromatic N) is 2. The van der Waals surface area contributed by atoms with Crippen molar-refractivity contribution in [2.75, 3.05) is 5.32 Å². The number of hydrogen-bond acceptors (Lipinski definition) is 2. The average Bonchev–Trinajstić information content (AvgIpc) is 2.86. The van der Waals surface area contributed by atoms with Gasteiger partial charge < -0.3 is 9.88 Å². The molecule has 0 aliphatic carbocycles. The Morgan fingerprint density at radius 3 is 2.94 bits per heavy atom. The predicted octanol–water partition coefficient (Wildman–Crippen LogP) is 2.53. The van der Waals surface area contributed by atoms with Gasteiger partial charge in [0.15, 0.2) is 0 Å². The number of amides is 1. The maximum Gasteiger partial charge on any atom is 0.226 e. The van der Waals surface area contributed by atoms with E-state index in [1.54, 1.807) is 12.5 Å². The fraction of sp³-hybridized carbons (Fsp3) is 0.286. The van der Waals surface area contributed by atoms with Gasteiger partial charge in [-0.15, -0.1) is 0 Å². The number of rotatable bonds is 4. The molecule has 0 fully saturated rings. The third-order valence-corrected chi connectivity index (χ3v) is 3.03. The molecule has 0 spiro atoms. The summed E-state index contributed by atoms with van der Waals surface area (Å²) in [6.45, 7) is 4.70. The molecule has 0 aliphatic rings. The van der Waals surface area contributed by atoms with Gasteiger partial charge in [-0.3, -0.25) is 4.79 Å². The van der Waals surface area contributed by atoms with Gasteiger partial charge in [0.25, 0.3) is 0 Å². The number of anilines is 1. The number of nitrogens with one attached hydrogen (secondary N) is 1. The molecule has 0 saturated carbocycles. The summed E-state index contributed by atoms with van der Waals surface area (Å²) in [6.07, 6.45) is 5.72. The van der Waals surface area contributed by atoms with E-state index in [2.05, 4.69) is 10.3 Å². The van der Waals surface area contributed by atoms with Gasteiger partial charge in [0.1, 0.15) is 0 Å². The normalized spacial score (nSPS) is 10.3. The molecule has 1 aromatic carbocycles. The Hall–Kier alpha value is -2.10. The zero-order chi connectivity index (χ0) is 13.0. The third-order valence-electron chi connectivity index (χ3n) is 3.03. The van der Waals surface area contributed by atoms with Crippen molar-refractivity contribution in [2.45, 2.75) is 26.8 Å². The fourth-order valence-electron chi connectivity index (χ4n) is 1.75. The molecule has 94 valence electrons. The standard InChI is InChI=1S/C14H17N3O/c1-11-4-3-5-13(12(11)2)16-14(18)6-8-17-9-7-15-10-17/h3-5,7,9-10H,6,8H2,1-2H3,(H,16,18). The third kappa shape index (κ3) is 2.97. The molecule has 0 radical (unpaired) electrons. The molecule has 4 nitrogen and oxygen atoms in total. The van der Waals surface area contributed by atoms with Crippen LogP contribution < -0.4 is 5.32 Å². The number of benzene rings is 1. The van der Waals surface area contributed by atoms with E-state index in [0.717, 1.165) is 11.3 Å². The van der Waals surface area contributed by atoms with Crippen molar-refractivity contribution in [3.8, 4) is 0 Å². The molecule has 1 aromatic heterocycles. The Kier molecular flexibility index (Phi) is 3.77. The van der Waals surface area contributed by atoms with Crippen molar-refractivity contribution in [1.82, 2.24) is 9.55 Å². The lowest BCUT2D eigenvalue weighted by Crippen LogP contribution is -2.15. The van der Waals surface area contributed by atoms with Gasteiger partial charge >= 0.3 is 0 Å². The molecule has 0 aliphatic heterocycles. The van der Waals surface area contributed by atoms with Crippen LogP contribution in [-0.2, 0) is 11.3 Å². The monoisotopic (exact) mass is 243 g/mol. The minimum absolute atomic E-state index is 0.0254. The van der Waals surface area contributed by atoms with E-state index in [0.29, 0.717) is 13.0 Å². The highest BCUT2D eigenvalue weighted by Gasteiger charge is 2.05. The second kappa shape index (κ2) is 5.49. The van der Waals surface area contributed by atoms with Crippen LogP contribution in [0.4, 0.5) is 5.69 Å². The van der Waals surface area contributed by atoms with E-state index >= 15 is 0 Å². The van der Waals surface area contributed by atoms with E-state index in [1.165, 1.54) is 5.56 Å². The first-order valence-electron chi connectivity index (χ1n) is 5.98. The molecular weight excluding hydrogens is 226 g/mol. The van der Waals surface area contributed by atoms with Gasteiger partial charge in [-0.05, 0) is 31.0 Å². The van der Waals surface area contributed by atoms with Gasteiger partial charge in [0, 0.05) is 31.0 Å². The van der Waals surface area contributed by atoms with E-state index in [4.69, 9.17) is 0 Å². The Bertz CT molecular complexity index is 532. The van der Waals surface area contributed by atoms with Crippen LogP contribution in [0.2, 0.25) is 0 Å². The molecular formula is C14H17N3O. The minimum Gasteiger partial charge on any atom is -0.337 e. The van der Waals surface area contributed by atoms with Crippen molar-refractivity contribution < 1.29 is 4.79 Å². The Balaban J connectivity index is 1.93. The van der Waals surface area contributed by atoms with Gasteiger partial charge in [-0.2, -0.15) is 0 Å². The van der Waals surface area contributed by atoms with Crippen molar-refractivity contribution in [1.29, 1.82) is 0 Å². The zero-order valence-electron chi connectivity index (χ0n) is 10.7. The highest BCUT2D eigenvalue weighted by molar-refractivity contribution is 5.91. The highest BCUT2D eigenvalue weighted by Crippen LogP contribution is 2.18. The molecule has 18 heavy (non-hydrogen) atoms. The fourth-order valence-corrected chi connectivity index (χ4v) is 1.75. The lowest BCUT2D eigenvalue weighted by molar-refractivity contribution is -0.116. The number of aromatic nitrogens is 2. The van der Waals surface area contributed by atoms with Crippen LogP contribution in [0.1, 0.15) is 17.5 Å². The highest BCUT2D eigenvalue weighted by atomic mass is 16.1. The smallest absolute Gasteiger partial charge is 0.226 e. The van der Waals surface area contributed by atoms with Crippen LogP contribution in [0.15, 0.2) is 36.9 Å². The Labute approximate surface area is 107 Å². The molecule has 0 atom stereocenters. The van der Waals surface area contributed by atoms with Gasteiger partial charge in [-0.1, -0.05) is 12.1 Å². The van der Waals surface area contributed by atoms with Gasteiger partial charge in [0.05, 0.1) is 6.33 Å². The molecule has 1 amide bonds. The second-order valence-corrected chi connectivity index (χ2v) is 4.35. The number of carbonyl (C=O) groups is 1. The molecule has 0 bridgehead atoms. The molecule has 0 saturated heterocycles. The maximum atomic E-state index is 11.8. The number of hydrogen-bond donors (Lipinski definition) is 1. The zero-order valence-corrected chi connectivity index (χ0v) is 10.7. The summed E-state index contributed by atoms with van der Waals surface area (Å²) in [6, 6.07) is 5.92. The average molecular weight is 243 g/mol. The van der Waals surface area contributed by atoms with Gasteiger partial charge in [0.2, 0.25) is 5.91 Å². The first-order valence-corrected chi connectivity index (χ1v) is 5.98. The van der Waals surface area contributed by atoms with Crippen molar-refractivity contribution in [3.63, 3.8) is 0 Å². The molecule has 4 heteroatoms. The van der Waals surface area contributed by atoms with Crippen molar-refractivity contribution in [2.24, 2.45) is 0 Å². The largest absolute Gasteiger partial charge is 0.337 e. The lowest BCUT2D eigenvalue weighted by Gasteiger charge is -2.10. The maximum absolute atomic E-state index is 11.8. The summed E-state index contributed by atoms with van der Waals surface area (Å²) in [5, 5.41) is 2.94. The SMILES string of the molecule is Cc1cccc(NC(=O)CCn2ccnc2)c1C. The van der Waals surface area contributed by atoms with Crippen molar-refractivity contribution >= 4 is 11.6 Å². The number of aryl methyl sites for hydroxylation is 2. The molecule has 0 unspecified atom stereocenters. The topological polar surface area (TPSA) is 46.9 Å². The first-order chi connectivity index (χ1) is 8.66. The van der Waals surface area contributed by atoms with E-state index in [-0.39, 0.29) is 5.91 Å². The van der Waals surface area contributed by atoms with Crippen LogP contribution in [0, 0.1) is 13.8 Å². The van der Waals surface area contributed by atoms with Crippen LogP contribution in [0.25, 0.3) is 0 Å². The van der Waals surface area contributed by atoms with E-state index in [1.807, 2.05) is 42.8 Å². The lowest BCUT2D eigenvalue weighted by atomic mass is 10.1. The number of carbonyl (C=O) groups excluding carboxylic acids is 1. The minimum atomic E-state index is 0.0254. The predicted molar refractivity (Wildman–Crippen MR) is 71.4 cm³/mol. The summed E-state index contributed by atoms with van der Waals surface area (Å²) < 4.78 is 1.89. The molecule has 2 rings (SSSR count). The Morgan fingerprint density at radius 2 is 2.22 bits per heavy atom. The molecule has 2 aromatic rings. The summed E-state index contributed by atoms with van der Waals surface area (Å²) in [5.41, 5.74) is 3.20. The summed E-state index contributed by atoms with van der Waals surface area (Å²) in [5.74, 6) is 0.0254. The second-order valence-electron chi connectivity index (χ2n) is 4.35. The summed E-state index contributed by atoms with van der Waals surface area (Å²) in [7, 11) is 0. The first kappa shape index (κ1) is 12.4. The van der Waals surface area contributed by atoms with Crippen LogP contribution in [0.3, 0.4) is 0 Å².